The minimum atomic E-state index is 0.604. The molecule has 1 aromatic carbocycles. The molecular weight excluding hydrogens is 160 g/mol. The van der Waals surface area contributed by atoms with Crippen molar-refractivity contribution in [2.75, 3.05) is 0 Å². The summed E-state index contributed by atoms with van der Waals surface area (Å²) in [5, 5.41) is 10.0. The summed E-state index contributed by atoms with van der Waals surface area (Å²) in [4.78, 5) is 0. The van der Waals surface area contributed by atoms with Crippen LogP contribution >= 0.6 is 0 Å². The molecule has 0 spiro atoms. The zero-order valence-electron chi connectivity index (χ0n) is 7.66. The molecule has 0 radical (unpaired) electrons. The van der Waals surface area contributed by atoms with Crippen LogP contribution in [0.3, 0.4) is 0 Å². The fourth-order valence-corrected chi connectivity index (χ4v) is 2.03. The average molecular weight is 174 g/mol. The SMILES string of the molecule is Oc1c(C2CC2)cccc1C1CC1. The Bertz CT molecular complexity index is 305. The molecule has 2 aliphatic carbocycles. The van der Waals surface area contributed by atoms with Crippen LogP contribution in [-0.4, -0.2) is 5.11 Å². The van der Waals surface area contributed by atoms with Crippen molar-refractivity contribution in [2.45, 2.75) is 37.5 Å². The summed E-state index contributed by atoms with van der Waals surface area (Å²) < 4.78 is 0. The predicted octanol–water partition coefficient (Wildman–Crippen LogP) is 3.15. The Morgan fingerprint density at radius 3 is 1.77 bits per heavy atom. The highest BCUT2D eigenvalue weighted by Crippen LogP contribution is 2.50. The van der Waals surface area contributed by atoms with E-state index < -0.39 is 0 Å². The molecule has 2 aliphatic rings. The van der Waals surface area contributed by atoms with E-state index in [-0.39, 0.29) is 0 Å². The molecule has 1 heteroatoms. The lowest BCUT2D eigenvalue weighted by atomic mass is 10.0. The van der Waals surface area contributed by atoms with Crippen LogP contribution in [0.15, 0.2) is 18.2 Å². The summed E-state index contributed by atoms with van der Waals surface area (Å²) in [5.41, 5.74) is 2.40. The molecule has 2 saturated carbocycles. The Morgan fingerprint density at radius 2 is 1.38 bits per heavy atom. The maximum absolute atomic E-state index is 10.0. The number of para-hydroxylation sites is 1. The monoisotopic (exact) mass is 174 g/mol. The van der Waals surface area contributed by atoms with E-state index in [1.54, 1.807) is 0 Å². The maximum atomic E-state index is 10.0. The molecule has 1 aromatic rings. The van der Waals surface area contributed by atoms with Crippen LogP contribution in [0.2, 0.25) is 0 Å². The van der Waals surface area contributed by atoms with Gasteiger partial charge in [0.15, 0.2) is 0 Å². The number of benzene rings is 1. The Hall–Kier alpha value is -0.980. The molecular formula is C12H14O. The van der Waals surface area contributed by atoms with E-state index in [0.717, 1.165) is 0 Å². The number of aromatic hydroxyl groups is 1. The Kier molecular flexibility index (Phi) is 1.43. The van der Waals surface area contributed by atoms with Crippen molar-refractivity contribution < 1.29 is 5.11 Å². The van der Waals surface area contributed by atoms with Crippen LogP contribution in [0.5, 0.6) is 5.75 Å². The molecule has 0 atom stereocenters. The first-order chi connectivity index (χ1) is 6.36. The van der Waals surface area contributed by atoms with Gasteiger partial charge in [-0.05, 0) is 48.6 Å². The topological polar surface area (TPSA) is 20.2 Å². The highest BCUT2D eigenvalue weighted by molar-refractivity contribution is 5.47. The Labute approximate surface area is 78.4 Å². The summed E-state index contributed by atoms with van der Waals surface area (Å²) >= 11 is 0. The molecule has 2 fully saturated rings. The average Bonchev–Trinajstić information content (AvgIpc) is 3.00. The molecule has 0 unspecified atom stereocenters. The van der Waals surface area contributed by atoms with E-state index in [9.17, 15) is 5.11 Å². The van der Waals surface area contributed by atoms with Gasteiger partial charge in [-0.15, -0.1) is 0 Å². The standard InChI is InChI=1S/C12H14O/c13-12-10(8-4-5-8)2-1-3-11(12)9-6-7-9/h1-3,8-9,13H,4-7H2. The molecule has 0 bridgehead atoms. The normalized spacial score (nSPS) is 21.8. The first kappa shape index (κ1) is 7.43. The quantitative estimate of drug-likeness (QED) is 0.730. The van der Waals surface area contributed by atoms with Crippen LogP contribution in [0.25, 0.3) is 0 Å². The first-order valence-corrected chi connectivity index (χ1v) is 5.18. The number of hydrogen-bond acceptors (Lipinski definition) is 1. The van der Waals surface area contributed by atoms with Crippen molar-refractivity contribution in [3.05, 3.63) is 29.3 Å². The molecule has 1 N–H and O–H groups in total. The highest BCUT2D eigenvalue weighted by Gasteiger charge is 2.31. The van der Waals surface area contributed by atoms with E-state index in [4.69, 9.17) is 0 Å². The van der Waals surface area contributed by atoms with Gasteiger partial charge in [0.2, 0.25) is 0 Å². The third-order valence-electron chi connectivity index (χ3n) is 3.13. The number of hydrogen-bond donors (Lipinski definition) is 1. The fraction of sp³-hybridized carbons (Fsp3) is 0.500. The van der Waals surface area contributed by atoms with Gasteiger partial charge in [0.05, 0.1) is 0 Å². The van der Waals surface area contributed by atoms with Crippen molar-refractivity contribution in [3.8, 4) is 5.75 Å². The molecule has 13 heavy (non-hydrogen) atoms. The summed E-state index contributed by atoms with van der Waals surface area (Å²) in [6.45, 7) is 0. The minimum Gasteiger partial charge on any atom is -0.507 e. The third-order valence-corrected chi connectivity index (χ3v) is 3.13. The van der Waals surface area contributed by atoms with Crippen LogP contribution in [0, 0.1) is 0 Å². The number of phenols is 1. The fourth-order valence-electron chi connectivity index (χ4n) is 2.03. The molecule has 0 heterocycles. The lowest BCUT2D eigenvalue weighted by molar-refractivity contribution is 0.461. The van der Waals surface area contributed by atoms with Crippen LogP contribution in [0.4, 0.5) is 0 Å². The zero-order chi connectivity index (χ0) is 8.84. The summed E-state index contributed by atoms with van der Waals surface area (Å²) in [6.07, 6.45) is 5.06. The lowest BCUT2D eigenvalue weighted by Crippen LogP contribution is -1.86. The van der Waals surface area contributed by atoms with Gasteiger partial charge in [-0.2, -0.15) is 0 Å². The van der Waals surface area contributed by atoms with Gasteiger partial charge in [0.1, 0.15) is 5.75 Å². The number of phenolic OH excluding ortho intramolecular Hbond substituents is 1. The van der Waals surface area contributed by atoms with Crippen molar-refractivity contribution in [1.29, 1.82) is 0 Å². The summed E-state index contributed by atoms with van der Waals surface area (Å²) in [7, 11) is 0. The molecule has 0 amide bonds. The van der Waals surface area contributed by atoms with Gasteiger partial charge in [0.25, 0.3) is 0 Å². The van der Waals surface area contributed by atoms with Crippen molar-refractivity contribution in [3.63, 3.8) is 0 Å². The van der Waals surface area contributed by atoms with E-state index in [1.165, 1.54) is 36.8 Å². The van der Waals surface area contributed by atoms with E-state index in [1.807, 2.05) is 0 Å². The van der Waals surface area contributed by atoms with Crippen LogP contribution < -0.4 is 0 Å². The molecule has 0 aromatic heterocycles. The number of rotatable bonds is 2. The summed E-state index contributed by atoms with van der Waals surface area (Å²) in [6, 6.07) is 6.26. The maximum Gasteiger partial charge on any atom is 0.122 e. The van der Waals surface area contributed by atoms with Crippen molar-refractivity contribution in [1.82, 2.24) is 0 Å². The predicted molar refractivity (Wildman–Crippen MR) is 52.1 cm³/mol. The molecule has 1 nitrogen and oxygen atoms in total. The second-order valence-corrected chi connectivity index (χ2v) is 4.33. The second-order valence-electron chi connectivity index (χ2n) is 4.33. The molecule has 68 valence electrons. The van der Waals surface area contributed by atoms with Gasteiger partial charge in [-0.25, -0.2) is 0 Å². The van der Waals surface area contributed by atoms with Crippen LogP contribution in [-0.2, 0) is 0 Å². The van der Waals surface area contributed by atoms with E-state index >= 15 is 0 Å². The Morgan fingerprint density at radius 1 is 0.923 bits per heavy atom. The van der Waals surface area contributed by atoms with Crippen molar-refractivity contribution in [2.24, 2.45) is 0 Å². The van der Waals surface area contributed by atoms with Gasteiger partial charge in [-0.1, -0.05) is 18.2 Å². The third kappa shape index (κ3) is 1.23. The largest absolute Gasteiger partial charge is 0.507 e. The smallest absolute Gasteiger partial charge is 0.122 e. The molecule has 3 rings (SSSR count). The van der Waals surface area contributed by atoms with E-state index in [2.05, 4.69) is 18.2 Å². The van der Waals surface area contributed by atoms with Gasteiger partial charge in [-0.3, -0.25) is 0 Å². The first-order valence-electron chi connectivity index (χ1n) is 5.18. The highest BCUT2D eigenvalue weighted by atomic mass is 16.3. The van der Waals surface area contributed by atoms with E-state index in [0.29, 0.717) is 17.6 Å². The Balaban J connectivity index is 2.04. The molecule has 0 saturated heterocycles. The molecule has 0 aliphatic heterocycles. The van der Waals surface area contributed by atoms with Gasteiger partial charge >= 0.3 is 0 Å². The summed E-state index contributed by atoms with van der Waals surface area (Å²) in [5.74, 6) is 1.94. The van der Waals surface area contributed by atoms with Gasteiger partial charge in [0, 0.05) is 0 Å². The minimum absolute atomic E-state index is 0.604. The lowest BCUT2D eigenvalue weighted by Gasteiger charge is -2.07. The zero-order valence-corrected chi connectivity index (χ0v) is 7.66. The van der Waals surface area contributed by atoms with Crippen LogP contribution in [0.1, 0.15) is 48.6 Å². The second kappa shape index (κ2) is 2.50. The van der Waals surface area contributed by atoms with Crippen molar-refractivity contribution >= 4 is 0 Å². The van der Waals surface area contributed by atoms with Gasteiger partial charge < -0.3 is 5.11 Å².